The van der Waals surface area contributed by atoms with E-state index in [9.17, 15) is 9.18 Å². The van der Waals surface area contributed by atoms with Gasteiger partial charge in [0.05, 0.1) is 29.8 Å². The van der Waals surface area contributed by atoms with E-state index < -0.39 is 0 Å². The summed E-state index contributed by atoms with van der Waals surface area (Å²) < 4.78 is 17.0. The third-order valence-electron chi connectivity index (χ3n) is 6.05. The third kappa shape index (κ3) is 4.08. The van der Waals surface area contributed by atoms with E-state index in [-0.39, 0.29) is 24.0 Å². The van der Waals surface area contributed by atoms with Crippen molar-refractivity contribution < 1.29 is 4.39 Å². The fraction of sp³-hybridized carbons (Fsp3) is 0.320. The number of aromatic nitrogens is 4. The van der Waals surface area contributed by atoms with Crippen molar-refractivity contribution in [2.24, 2.45) is 5.73 Å². The van der Waals surface area contributed by atoms with E-state index in [1.807, 2.05) is 29.0 Å². The predicted molar refractivity (Wildman–Crippen MR) is 128 cm³/mol. The van der Waals surface area contributed by atoms with Crippen LogP contribution in [0.5, 0.6) is 0 Å². The summed E-state index contributed by atoms with van der Waals surface area (Å²) in [6.07, 6.45) is 3.80. The van der Waals surface area contributed by atoms with E-state index >= 15 is 0 Å². The van der Waals surface area contributed by atoms with E-state index in [4.69, 9.17) is 10.7 Å². The lowest BCUT2D eigenvalue weighted by Crippen LogP contribution is -2.45. The number of rotatable bonds is 4. The molecule has 1 atom stereocenters. The largest absolute Gasteiger partial charge is 0.341 e. The maximum atomic E-state index is 13.6. The predicted octanol–water partition coefficient (Wildman–Crippen LogP) is 2.88. The van der Waals surface area contributed by atoms with Crippen LogP contribution in [0.1, 0.15) is 25.5 Å². The fourth-order valence-electron chi connectivity index (χ4n) is 4.44. The fourth-order valence-corrected chi connectivity index (χ4v) is 4.44. The van der Waals surface area contributed by atoms with Crippen molar-refractivity contribution in [3.63, 3.8) is 0 Å². The number of hydrogen-bond donors (Lipinski definition) is 1. The summed E-state index contributed by atoms with van der Waals surface area (Å²) in [7, 11) is 0. The van der Waals surface area contributed by atoms with Gasteiger partial charge in [0.15, 0.2) is 0 Å². The monoisotopic (exact) mass is 444 g/mol. The number of piperidine rings is 1. The van der Waals surface area contributed by atoms with Gasteiger partial charge in [0.1, 0.15) is 11.3 Å². The Labute approximate surface area is 190 Å². The molecular weight excluding hydrogens is 419 g/mol. The Balaban J connectivity index is 1.57. The van der Waals surface area contributed by atoms with Crippen molar-refractivity contribution in [1.29, 1.82) is 0 Å². The molecule has 0 bridgehead atoms. The lowest BCUT2D eigenvalue weighted by atomic mass is 10.1. The molecule has 0 radical (unpaired) electrons. The Morgan fingerprint density at radius 1 is 1.18 bits per heavy atom. The van der Waals surface area contributed by atoms with Crippen LogP contribution in [0, 0.1) is 17.7 Å². The van der Waals surface area contributed by atoms with Crippen LogP contribution in [-0.4, -0.2) is 38.2 Å². The summed E-state index contributed by atoms with van der Waals surface area (Å²) >= 11 is 0. The molecule has 168 valence electrons. The van der Waals surface area contributed by atoms with E-state index in [0.29, 0.717) is 35.6 Å². The maximum Gasteiger partial charge on any atom is 0.280 e. The quantitative estimate of drug-likeness (QED) is 0.490. The zero-order chi connectivity index (χ0) is 22.9. The molecule has 5 rings (SSSR count). The molecule has 4 heterocycles. The molecule has 0 amide bonds. The van der Waals surface area contributed by atoms with Crippen LogP contribution in [-0.2, 0) is 13.1 Å². The van der Waals surface area contributed by atoms with Crippen molar-refractivity contribution in [1.82, 2.24) is 19.1 Å². The molecule has 1 aliphatic heterocycles. The van der Waals surface area contributed by atoms with Gasteiger partial charge in [-0.15, -0.1) is 5.92 Å². The Morgan fingerprint density at radius 2 is 2.06 bits per heavy atom. The Morgan fingerprint density at radius 3 is 2.88 bits per heavy atom. The number of fused-ring (bicyclic) bond motifs is 2. The second-order valence-electron chi connectivity index (χ2n) is 8.40. The van der Waals surface area contributed by atoms with Crippen LogP contribution in [0.2, 0.25) is 0 Å². The smallest absolute Gasteiger partial charge is 0.280 e. The zero-order valence-electron chi connectivity index (χ0n) is 18.5. The lowest BCUT2D eigenvalue weighted by Gasteiger charge is -2.32. The second kappa shape index (κ2) is 8.68. The van der Waals surface area contributed by atoms with Crippen LogP contribution in [0.15, 0.2) is 47.4 Å². The van der Waals surface area contributed by atoms with Gasteiger partial charge in [-0.25, -0.2) is 9.37 Å². The molecule has 8 heteroatoms. The molecule has 0 saturated carbocycles. The van der Waals surface area contributed by atoms with Crippen LogP contribution in [0.4, 0.5) is 10.3 Å². The number of pyridine rings is 1. The minimum atomic E-state index is -0.291. The van der Waals surface area contributed by atoms with Gasteiger partial charge in [-0.05, 0) is 50.1 Å². The van der Waals surface area contributed by atoms with E-state index in [1.165, 1.54) is 12.1 Å². The number of hydrogen-bond acceptors (Lipinski definition) is 5. The first-order chi connectivity index (χ1) is 16.0. The van der Waals surface area contributed by atoms with Crippen molar-refractivity contribution in [3.05, 3.63) is 64.5 Å². The van der Waals surface area contributed by atoms with Crippen molar-refractivity contribution in [3.8, 4) is 11.8 Å². The summed E-state index contributed by atoms with van der Waals surface area (Å²) in [5.74, 6) is 6.21. The average molecular weight is 445 g/mol. The summed E-state index contributed by atoms with van der Waals surface area (Å²) in [6, 6.07) is 10.1. The van der Waals surface area contributed by atoms with Gasteiger partial charge in [0.2, 0.25) is 5.95 Å². The second-order valence-corrected chi connectivity index (χ2v) is 8.40. The van der Waals surface area contributed by atoms with Gasteiger partial charge in [-0.1, -0.05) is 12.0 Å². The summed E-state index contributed by atoms with van der Waals surface area (Å²) in [5.41, 5.74) is 8.69. The number of nitrogens with two attached hydrogens (primary N) is 1. The van der Waals surface area contributed by atoms with Crippen LogP contribution >= 0.6 is 0 Å². The maximum absolute atomic E-state index is 13.6. The number of halogens is 1. The van der Waals surface area contributed by atoms with E-state index in [0.717, 1.165) is 30.5 Å². The summed E-state index contributed by atoms with van der Waals surface area (Å²) in [5, 5.41) is 0.739. The van der Waals surface area contributed by atoms with Gasteiger partial charge in [0.25, 0.3) is 5.56 Å². The first-order valence-electron chi connectivity index (χ1n) is 11.1. The molecule has 1 fully saturated rings. The molecule has 4 aromatic rings. The molecule has 0 aliphatic carbocycles. The highest BCUT2D eigenvalue weighted by Gasteiger charge is 2.23. The van der Waals surface area contributed by atoms with Crippen LogP contribution < -0.4 is 16.2 Å². The molecule has 33 heavy (non-hydrogen) atoms. The highest BCUT2D eigenvalue weighted by molar-refractivity contribution is 5.79. The molecule has 1 saturated heterocycles. The number of anilines is 1. The van der Waals surface area contributed by atoms with Crippen molar-refractivity contribution >= 4 is 27.9 Å². The molecule has 7 nitrogen and oxygen atoms in total. The Kier molecular flexibility index (Phi) is 5.56. The van der Waals surface area contributed by atoms with E-state index in [2.05, 4.69) is 21.7 Å². The van der Waals surface area contributed by atoms with Gasteiger partial charge in [-0.3, -0.25) is 14.3 Å². The average Bonchev–Trinajstić information content (AvgIpc) is 3.21. The topological polar surface area (TPSA) is 82.0 Å². The van der Waals surface area contributed by atoms with Crippen molar-refractivity contribution in [2.45, 2.75) is 38.9 Å². The molecule has 0 unspecified atom stereocenters. The minimum Gasteiger partial charge on any atom is -0.341 e. The summed E-state index contributed by atoms with van der Waals surface area (Å²) in [4.78, 5) is 25.2. The van der Waals surface area contributed by atoms with Gasteiger partial charge in [-0.2, -0.15) is 0 Å². The zero-order valence-corrected chi connectivity index (χ0v) is 18.5. The van der Waals surface area contributed by atoms with Gasteiger partial charge in [0, 0.05) is 30.7 Å². The molecular formula is C25H25FN6O. The first-order valence-corrected chi connectivity index (χ1v) is 11.1. The minimum absolute atomic E-state index is 0.0640. The molecule has 1 aliphatic rings. The van der Waals surface area contributed by atoms with Crippen LogP contribution in [0.3, 0.4) is 0 Å². The van der Waals surface area contributed by atoms with Gasteiger partial charge >= 0.3 is 0 Å². The van der Waals surface area contributed by atoms with Crippen LogP contribution in [0.25, 0.3) is 21.9 Å². The van der Waals surface area contributed by atoms with Gasteiger partial charge < -0.3 is 15.2 Å². The highest BCUT2D eigenvalue weighted by Crippen LogP contribution is 2.21. The molecule has 3 aromatic heterocycles. The standard InChI is InChI=1S/C25H25FN6O/c1-2-3-12-32-24(33)23-22(29-25(32)31-11-4-5-19(27)15-31)10-13-30(23)16-20-8-6-17-14-18(26)7-9-21(17)28-20/h6-10,13-14,19H,4-5,11-12,15-16,27H2,1H3/t19-/m1/s1. The Bertz CT molecular complexity index is 1460. The summed E-state index contributed by atoms with van der Waals surface area (Å²) in [6.45, 7) is 3.91. The molecule has 0 spiro atoms. The third-order valence-corrected chi connectivity index (χ3v) is 6.05. The number of benzene rings is 1. The normalized spacial score (nSPS) is 16.2. The highest BCUT2D eigenvalue weighted by atomic mass is 19.1. The number of nitrogens with zero attached hydrogens (tertiary/aromatic N) is 5. The SMILES string of the molecule is CC#CCn1c(N2CCC[C@@H](N)C2)nc2ccn(Cc3ccc4cc(F)ccc4n3)c2c1=O. The van der Waals surface area contributed by atoms with Crippen molar-refractivity contribution in [2.75, 3.05) is 18.0 Å². The van der Waals surface area contributed by atoms with E-state index in [1.54, 1.807) is 17.6 Å². The molecule has 2 N–H and O–H groups in total. The lowest BCUT2D eigenvalue weighted by molar-refractivity contribution is 0.492. The molecule has 1 aromatic carbocycles. The Hall–Kier alpha value is -3.70. The first kappa shape index (κ1) is 21.2.